The van der Waals surface area contributed by atoms with Crippen molar-refractivity contribution < 1.29 is 9.90 Å². The van der Waals surface area contributed by atoms with Crippen LogP contribution in [0.5, 0.6) is 5.75 Å². The zero-order chi connectivity index (χ0) is 18.1. The zero-order valence-corrected chi connectivity index (χ0v) is 14.9. The number of hydrogen-bond acceptors (Lipinski definition) is 4. The first-order valence-electron chi connectivity index (χ1n) is 8.49. The summed E-state index contributed by atoms with van der Waals surface area (Å²) in [7, 11) is 0. The minimum Gasteiger partial charge on any atom is -0.506 e. The molecule has 0 radical (unpaired) electrons. The maximum atomic E-state index is 12.9. The van der Waals surface area contributed by atoms with E-state index in [1.807, 2.05) is 36.4 Å². The molecule has 1 N–H and O–H groups in total. The van der Waals surface area contributed by atoms with E-state index in [4.69, 9.17) is 11.6 Å². The third kappa shape index (κ3) is 2.95. The minimum absolute atomic E-state index is 0.0488. The number of benzene rings is 2. The van der Waals surface area contributed by atoms with Crippen LogP contribution >= 0.6 is 11.6 Å². The van der Waals surface area contributed by atoms with Gasteiger partial charge in [0.2, 0.25) is 0 Å². The van der Waals surface area contributed by atoms with E-state index in [-0.39, 0.29) is 11.7 Å². The Hall–Kier alpha value is -2.79. The smallest absolute Gasteiger partial charge is 0.257 e. The van der Waals surface area contributed by atoms with Crippen LogP contribution in [0.15, 0.2) is 54.9 Å². The molecule has 5 nitrogen and oxygen atoms in total. The lowest BCUT2D eigenvalue weighted by atomic mass is 10.0. The third-order valence-electron chi connectivity index (χ3n) is 4.79. The summed E-state index contributed by atoms with van der Waals surface area (Å²) in [5.41, 5.74) is 1.28. The van der Waals surface area contributed by atoms with Crippen LogP contribution in [0.1, 0.15) is 10.4 Å². The number of aromatic nitrogens is 1. The molecule has 2 aromatic carbocycles. The van der Waals surface area contributed by atoms with Crippen LogP contribution in [0.2, 0.25) is 5.02 Å². The summed E-state index contributed by atoms with van der Waals surface area (Å²) in [4.78, 5) is 20.8. The highest BCUT2D eigenvalue weighted by Crippen LogP contribution is 2.30. The topological polar surface area (TPSA) is 56.7 Å². The van der Waals surface area contributed by atoms with E-state index in [1.54, 1.807) is 23.4 Å². The fourth-order valence-corrected chi connectivity index (χ4v) is 3.61. The molecule has 1 fully saturated rings. The van der Waals surface area contributed by atoms with E-state index in [0.29, 0.717) is 42.2 Å². The van der Waals surface area contributed by atoms with Gasteiger partial charge in [0.15, 0.2) is 0 Å². The molecule has 1 saturated heterocycles. The zero-order valence-electron chi connectivity index (χ0n) is 14.1. The molecular formula is C20H18ClN3O2. The van der Waals surface area contributed by atoms with Crippen LogP contribution in [0.3, 0.4) is 0 Å². The molecule has 2 heterocycles. The number of rotatable bonds is 2. The van der Waals surface area contributed by atoms with E-state index < -0.39 is 0 Å². The lowest BCUT2D eigenvalue weighted by Gasteiger charge is -2.36. The molecule has 1 aromatic heterocycles. The number of amides is 1. The molecule has 4 rings (SSSR count). The summed E-state index contributed by atoms with van der Waals surface area (Å²) in [5.74, 6) is -0.0959. The fraction of sp³-hybridized carbons (Fsp3) is 0.200. The molecule has 0 aliphatic carbocycles. The Balaban J connectivity index is 1.52. The number of carbonyl (C=O) groups is 1. The molecule has 0 bridgehead atoms. The normalized spacial score (nSPS) is 14.7. The molecule has 0 unspecified atom stereocenters. The van der Waals surface area contributed by atoms with Gasteiger partial charge >= 0.3 is 0 Å². The van der Waals surface area contributed by atoms with Crippen molar-refractivity contribution in [2.24, 2.45) is 0 Å². The minimum atomic E-state index is -0.145. The van der Waals surface area contributed by atoms with E-state index >= 15 is 0 Å². The van der Waals surface area contributed by atoms with Gasteiger partial charge in [0, 0.05) is 44.0 Å². The number of halogens is 1. The predicted molar refractivity (Wildman–Crippen MR) is 103 cm³/mol. The Kier molecular flexibility index (Phi) is 4.39. The summed E-state index contributed by atoms with van der Waals surface area (Å²) < 4.78 is 0. The van der Waals surface area contributed by atoms with Crippen LogP contribution in [-0.2, 0) is 0 Å². The van der Waals surface area contributed by atoms with Gasteiger partial charge in [-0.25, -0.2) is 0 Å². The SMILES string of the molecule is O=C(c1ccc2ccccc2c1O)N1CCN(c2ccncc2Cl)CC1. The molecule has 0 spiro atoms. The van der Waals surface area contributed by atoms with E-state index in [1.165, 1.54) is 0 Å². The van der Waals surface area contributed by atoms with Crippen molar-refractivity contribution >= 4 is 34.0 Å². The standard InChI is InChI=1S/C20H18ClN3O2/c21-17-13-22-8-7-18(17)23-9-11-24(12-10-23)20(26)16-6-5-14-3-1-2-4-15(14)19(16)25/h1-8,13,25H,9-12H2. The van der Waals surface area contributed by atoms with Gasteiger partial charge in [-0.2, -0.15) is 0 Å². The Morgan fingerprint density at radius 1 is 1.04 bits per heavy atom. The molecule has 0 atom stereocenters. The van der Waals surface area contributed by atoms with Crippen LogP contribution in [-0.4, -0.2) is 47.1 Å². The summed E-state index contributed by atoms with van der Waals surface area (Å²) >= 11 is 6.21. The highest BCUT2D eigenvalue weighted by Gasteiger charge is 2.25. The first-order valence-corrected chi connectivity index (χ1v) is 8.87. The number of aromatic hydroxyl groups is 1. The van der Waals surface area contributed by atoms with Crippen LogP contribution in [0, 0.1) is 0 Å². The number of piperazine rings is 1. The Bertz CT molecular complexity index is 968. The van der Waals surface area contributed by atoms with E-state index in [9.17, 15) is 9.90 Å². The Labute approximate surface area is 156 Å². The average Bonchev–Trinajstić information content (AvgIpc) is 2.69. The number of fused-ring (bicyclic) bond motifs is 1. The molecule has 3 aromatic rings. The molecular weight excluding hydrogens is 350 g/mol. The highest BCUT2D eigenvalue weighted by molar-refractivity contribution is 6.33. The number of anilines is 1. The first kappa shape index (κ1) is 16.7. The third-order valence-corrected chi connectivity index (χ3v) is 5.08. The molecule has 1 aliphatic rings. The summed E-state index contributed by atoms with van der Waals surface area (Å²) in [6.07, 6.45) is 3.34. The first-order chi connectivity index (χ1) is 12.6. The number of carbonyl (C=O) groups excluding carboxylic acids is 1. The van der Waals surface area contributed by atoms with Gasteiger partial charge in [-0.3, -0.25) is 9.78 Å². The fourth-order valence-electron chi connectivity index (χ4n) is 3.37. The van der Waals surface area contributed by atoms with Gasteiger partial charge in [-0.05, 0) is 17.5 Å². The van der Waals surface area contributed by atoms with Crippen LogP contribution in [0.4, 0.5) is 5.69 Å². The van der Waals surface area contributed by atoms with Crippen molar-refractivity contribution in [2.75, 3.05) is 31.1 Å². The lowest BCUT2D eigenvalue weighted by molar-refractivity contribution is 0.0744. The van der Waals surface area contributed by atoms with E-state index in [0.717, 1.165) is 11.1 Å². The van der Waals surface area contributed by atoms with Gasteiger partial charge in [0.25, 0.3) is 5.91 Å². The van der Waals surface area contributed by atoms with Crippen LogP contribution in [0.25, 0.3) is 10.8 Å². The van der Waals surface area contributed by atoms with Crippen molar-refractivity contribution in [2.45, 2.75) is 0 Å². The maximum Gasteiger partial charge on any atom is 0.257 e. The summed E-state index contributed by atoms with van der Waals surface area (Å²) in [5, 5.41) is 12.8. The summed E-state index contributed by atoms with van der Waals surface area (Å²) in [6, 6.07) is 13.0. The van der Waals surface area contributed by atoms with Crippen molar-refractivity contribution in [3.8, 4) is 5.75 Å². The second-order valence-electron chi connectivity index (χ2n) is 6.29. The highest BCUT2D eigenvalue weighted by atomic mass is 35.5. The average molecular weight is 368 g/mol. The van der Waals surface area contributed by atoms with Gasteiger partial charge < -0.3 is 14.9 Å². The molecule has 0 saturated carbocycles. The van der Waals surface area contributed by atoms with Gasteiger partial charge in [-0.1, -0.05) is 41.9 Å². The van der Waals surface area contributed by atoms with Crippen molar-refractivity contribution in [1.29, 1.82) is 0 Å². The monoisotopic (exact) mass is 367 g/mol. The molecule has 132 valence electrons. The van der Waals surface area contributed by atoms with Gasteiger partial charge in [0.05, 0.1) is 16.3 Å². The number of nitrogens with zero attached hydrogens (tertiary/aromatic N) is 3. The molecule has 1 aliphatic heterocycles. The second kappa shape index (κ2) is 6.84. The number of hydrogen-bond donors (Lipinski definition) is 1. The quantitative estimate of drug-likeness (QED) is 0.752. The number of phenols is 1. The van der Waals surface area contributed by atoms with Crippen molar-refractivity contribution in [1.82, 2.24) is 9.88 Å². The molecule has 1 amide bonds. The van der Waals surface area contributed by atoms with E-state index in [2.05, 4.69) is 9.88 Å². The molecule has 26 heavy (non-hydrogen) atoms. The number of phenolic OH excluding ortho intramolecular Hbond substituents is 1. The van der Waals surface area contributed by atoms with Gasteiger partial charge in [-0.15, -0.1) is 0 Å². The van der Waals surface area contributed by atoms with Crippen LogP contribution < -0.4 is 4.90 Å². The Morgan fingerprint density at radius 3 is 2.58 bits per heavy atom. The van der Waals surface area contributed by atoms with Crippen molar-refractivity contribution in [3.05, 3.63) is 65.4 Å². The maximum absolute atomic E-state index is 12.9. The second-order valence-corrected chi connectivity index (χ2v) is 6.70. The number of pyridine rings is 1. The van der Waals surface area contributed by atoms with Gasteiger partial charge in [0.1, 0.15) is 5.75 Å². The lowest BCUT2D eigenvalue weighted by Crippen LogP contribution is -2.48. The largest absolute Gasteiger partial charge is 0.506 e. The Morgan fingerprint density at radius 2 is 1.81 bits per heavy atom. The van der Waals surface area contributed by atoms with Crippen molar-refractivity contribution in [3.63, 3.8) is 0 Å². The molecule has 6 heteroatoms. The summed E-state index contributed by atoms with van der Waals surface area (Å²) in [6.45, 7) is 2.52. The predicted octanol–water partition coefficient (Wildman–Crippen LogP) is 3.56.